The van der Waals surface area contributed by atoms with E-state index in [-0.39, 0.29) is 28.7 Å². The van der Waals surface area contributed by atoms with Gasteiger partial charge in [0.1, 0.15) is 11.5 Å². The summed E-state index contributed by atoms with van der Waals surface area (Å²) in [6.45, 7) is 15.2. The number of aliphatic hydroxyl groups excluding tert-OH is 1. The fourth-order valence-corrected chi connectivity index (χ4v) is 4.81. The number of carbonyl (C=O) groups excluding carboxylic acids is 2. The molecule has 1 saturated heterocycles. The average molecular weight is 525 g/mol. The van der Waals surface area contributed by atoms with Crippen molar-refractivity contribution in [2.75, 3.05) is 39.4 Å². The van der Waals surface area contributed by atoms with Gasteiger partial charge in [0.05, 0.1) is 24.8 Å². The second-order valence-electron chi connectivity index (χ2n) is 9.52. The van der Waals surface area contributed by atoms with Crippen molar-refractivity contribution in [3.05, 3.63) is 58.7 Å². The maximum absolute atomic E-state index is 13.4. The predicted octanol–water partition coefficient (Wildman–Crippen LogP) is 5.08. The fourth-order valence-electron chi connectivity index (χ4n) is 4.81. The van der Waals surface area contributed by atoms with Gasteiger partial charge in [0, 0.05) is 18.7 Å². The second-order valence-corrected chi connectivity index (χ2v) is 9.52. The molecule has 0 radical (unpaired) electrons. The molecule has 1 aliphatic rings. The highest BCUT2D eigenvalue weighted by molar-refractivity contribution is 6.46. The van der Waals surface area contributed by atoms with Gasteiger partial charge in [-0.05, 0) is 74.3 Å². The van der Waals surface area contributed by atoms with E-state index in [1.807, 2.05) is 40.7 Å². The maximum Gasteiger partial charge on any atom is 0.295 e. The standard InChI is InChI=1S/C30H40N2O6/c1-7-31(8-2)15-16-32-27(20-11-13-23(33)25(18-20)38-10-4)26(29(35)30(32)36)28(34)21-12-14-24(37-9-3)22(17-21)19(5)6/h11-14,17-19,27,33-34H,7-10,15-16H2,1-6H3/b28-26+. The van der Waals surface area contributed by atoms with Gasteiger partial charge in [0.25, 0.3) is 11.7 Å². The molecule has 0 bridgehead atoms. The zero-order valence-electron chi connectivity index (χ0n) is 23.3. The van der Waals surface area contributed by atoms with Crippen molar-refractivity contribution < 1.29 is 29.3 Å². The molecule has 3 rings (SSSR count). The van der Waals surface area contributed by atoms with Gasteiger partial charge < -0.3 is 29.5 Å². The van der Waals surface area contributed by atoms with Crippen molar-refractivity contribution in [2.24, 2.45) is 0 Å². The van der Waals surface area contributed by atoms with E-state index in [1.165, 1.54) is 11.0 Å². The number of phenolic OH excluding ortho intramolecular Hbond substituents is 1. The number of aliphatic hydroxyl groups is 1. The van der Waals surface area contributed by atoms with Gasteiger partial charge in [-0.3, -0.25) is 9.59 Å². The average Bonchev–Trinajstić information content (AvgIpc) is 3.15. The Morgan fingerprint density at radius 2 is 1.63 bits per heavy atom. The molecule has 8 heteroatoms. The lowest BCUT2D eigenvalue weighted by molar-refractivity contribution is -0.140. The number of Topliss-reactive ketones (excluding diaryl/α,β-unsaturated/α-hetero) is 1. The van der Waals surface area contributed by atoms with E-state index < -0.39 is 17.7 Å². The Hall–Kier alpha value is -3.52. The molecule has 1 amide bonds. The van der Waals surface area contributed by atoms with Gasteiger partial charge in [-0.25, -0.2) is 0 Å². The number of hydrogen-bond acceptors (Lipinski definition) is 7. The molecule has 1 heterocycles. The molecule has 1 fully saturated rings. The van der Waals surface area contributed by atoms with E-state index in [4.69, 9.17) is 9.47 Å². The fraction of sp³-hybridized carbons (Fsp3) is 0.467. The van der Waals surface area contributed by atoms with Crippen molar-refractivity contribution in [3.8, 4) is 17.2 Å². The van der Waals surface area contributed by atoms with E-state index >= 15 is 0 Å². The largest absolute Gasteiger partial charge is 0.507 e. The number of nitrogens with zero attached hydrogens (tertiary/aromatic N) is 2. The van der Waals surface area contributed by atoms with Crippen molar-refractivity contribution in [1.29, 1.82) is 0 Å². The highest BCUT2D eigenvalue weighted by atomic mass is 16.5. The molecule has 1 atom stereocenters. The quantitative estimate of drug-likeness (QED) is 0.227. The van der Waals surface area contributed by atoms with E-state index in [2.05, 4.69) is 4.90 Å². The highest BCUT2D eigenvalue weighted by Crippen LogP contribution is 2.42. The zero-order valence-corrected chi connectivity index (χ0v) is 23.3. The number of amides is 1. The third-order valence-corrected chi connectivity index (χ3v) is 6.90. The molecule has 0 spiro atoms. The molecule has 0 saturated carbocycles. The smallest absolute Gasteiger partial charge is 0.295 e. The van der Waals surface area contributed by atoms with Gasteiger partial charge in [0.2, 0.25) is 0 Å². The van der Waals surface area contributed by atoms with Gasteiger partial charge in [-0.2, -0.15) is 0 Å². The normalized spacial score (nSPS) is 17.1. The van der Waals surface area contributed by atoms with Crippen LogP contribution in [0.25, 0.3) is 5.76 Å². The van der Waals surface area contributed by atoms with Crippen LogP contribution in [0.4, 0.5) is 0 Å². The second kappa shape index (κ2) is 12.8. The first-order chi connectivity index (χ1) is 18.2. The number of ether oxygens (including phenoxy) is 2. The summed E-state index contributed by atoms with van der Waals surface area (Å²) in [4.78, 5) is 30.4. The third-order valence-electron chi connectivity index (χ3n) is 6.90. The molecule has 38 heavy (non-hydrogen) atoms. The Morgan fingerprint density at radius 3 is 2.24 bits per heavy atom. The monoisotopic (exact) mass is 524 g/mol. The van der Waals surface area contributed by atoms with E-state index in [1.54, 1.807) is 31.2 Å². The topological polar surface area (TPSA) is 99.5 Å². The predicted molar refractivity (Wildman–Crippen MR) is 148 cm³/mol. The third kappa shape index (κ3) is 5.96. The molecule has 2 N–H and O–H groups in total. The Balaban J connectivity index is 2.19. The van der Waals surface area contributed by atoms with Crippen LogP contribution >= 0.6 is 0 Å². The van der Waals surface area contributed by atoms with Crippen molar-refractivity contribution in [2.45, 2.75) is 53.5 Å². The number of likely N-dealkylation sites (N-methyl/N-ethyl adjacent to an activating group) is 1. The summed E-state index contributed by atoms with van der Waals surface area (Å²) in [6, 6.07) is 9.24. The first-order valence-corrected chi connectivity index (χ1v) is 13.4. The van der Waals surface area contributed by atoms with Gasteiger partial charge in [-0.15, -0.1) is 0 Å². The number of hydrogen-bond donors (Lipinski definition) is 2. The lowest BCUT2D eigenvalue weighted by atomic mass is 9.93. The number of carbonyl (C=O) groups is 2. The van der Waals surface area contributed by atoms with Crippen LogP contribution in [0.15, 0.2) is 42.0 Å². The Bertz CT molecular complexity index is 1190. The molecule has 8 nitrogen and oxygen atoms in total. The van der Waals surface area contributed by atoms with Gasteiger partial charge >= 0.3 is 0 Å². The summed E-state index contributed by atoms with van der Waals surface area (Å²) in [6.07, 6.45) is 0. The van der Waals surface area contributed by atoms with Crippen LogP contribution in [0, 0.1) is 0 Å². The SMILES string of the molecule is CCOc1cc(C2/C(=C(\O)c3ccc(OCC)c(C(C)C)c3)C(=O)C(=O)N2CCN(CC)CC)ccc1O. The molecule has 1 aliphatic heterocycles. The van der Waals surface area contributed by atoms with E-state index in [0.29, 0.717) is 37.4 Å². The first-order valence-electron chi connectivity index (χ1n) is 13.4. The van der Waals surface area contributed by atoms with Crippen LogP contribution in [0.1, 0.15) is 70.2 Å². The lowest BCUT2D eigenvalue weighted by Crippen LogP contribution is -2.38. The number of aromatic hydroxyl groups is 1. The Labute approximate surface area is 225 Å². The molecule has 2 aromatic rings. The lowest BCUT2D eigenvalue weighted by Gasteiger charge is -2.28. The molecular formula is C30H40N2O6. The summed E-state index contributed by atoms with van der Waals surface area (Å²) in [7, 11) is 0. The highest BCUT2D eigenvalue weighted by Gasteiger charge is 2.46. The number of likely N-dealkylation sites (tertiary alicyclic amines) is 1. The molecule has 2 aromatic carbocycles. The number of benzene rings is 2. The number of ketones is 1. The Morgan fingerprint density at radius 1 is 0.974 bits per heavy atom. The van der Waals surface area contributed by atoms with Crippen LogP contribution < -0.4 is 9.47 Å². The van der Waals surface area contributed by atoms with Crippen molar-refractivity contribution in [3.63, 3.8) is 0 Å². The van der Waals surface area contributed by atoms with Crippen LogP contribution in [0.3, 0.4) is 0 Å². The van der Waals surface area contributed by atoms with Crippen molar-refractivity contribution in [1.82, 2.24) is 9.80 Å². The van der Waals surface area contributed by atoms with Crippen LogP contribution in [0.5, 0.6) is 17.2 Å². The summed E-state index contributed by atoms with van der Waals surface area (Å²) in [5, 5.41) is 21.8. The van der Waals surface area contributed by atoms with Gasteiger partial charge in [0.15, 0.2) is 11.5 Å². The summed E-state index contributed by atoms with van der Waals surface area (Å²) < 4.78 is 11.3. The van der Waals surface area contributed by atoms with Crippen LogP contribution in [-0.2, 0) is 9.59 Å². The summed E-state index contributed by atoms with van der Waals surface area (Å²) in [5.41, 5.74) is 1.92. The number of phenols is 1. The first kappa shape index (κ1) is 29.0. The van der Waals surface area contributed by atoms with Crippen molar-refractivity contribution >= 4 is 17.4 Å². The van der Waals surface area contributed by atoms with E-state index in [9.17, 15) is 19.8 Å². The molecule has 0 aromatic heterocycles. The zero-order chi connectivity index (χ0) is 28.0. The maximum atomic E-state index is 13.4. The minimum atomic E-state index is -0.834. The molecule has 1 unspecified atom stereocenters. The van der Waals surface area contributed by atoms with E-state index in [0.717, 1.165) is 24.4 Å². The Kier molecular flexibility index (Phi) is 9.80. The van der Waals surface area contributed by atoms with Crippen LogP contribution in [0.2, 0.25) is 0 Å². The summed E-state index contributed by atoms with van der Waals surface area (Å²) >= 11 is 0. The molecule has 206 valence electrons. The number of rotatable bonds is 12. The molecule has 0 aliphatic carbocycles. The minimum Gasteiger partial charge on any atom is -0.507 e. The molecular weight excluding hydrogens is 484 g/mol. The summed E-state index contributed by atoms with van der Waals surface area (Å²) in [5.74, 6) is -0.596. The minimum absolute atomic E-state index is 0.0153. The van der Waals surface area contributed by atoms with Crippen LogP contribution in [-0.4, -0.2) is 71.1 Å². The van der Waals surface area contributed by atoms with Gasteiger partial charge in [-0.1, -0.05) is 33.8 Å².